The van der Waals surface area contributed by atoms with Crippen LogP contribution in [0.15, 0.2) is 0 Å². The first-order valence-electron chi connectivity index (χ1n) is 7.73. The SMILES string of the molecule is CC(C)C[C@H](CN)CC(=O)N1CCOC2CCCC21. The molecule has 0 radical (unpaired) electrons. The van der Waals surface area contributed by atoms with Gasteiger partial charge in [-0.3, -0.25) is 4.79 Å². The Morgan fingerprint density at radius 3 is 2.89 bits per heavy atom. The molecule has 0 spiro atoms. The highest BCUT2D eigenvalue weighted by Gasteiger charge is 2.38. The molecule has 3 atom stereocenters. The third-order valence-electron chi connectivity index (χ3n) is 4.40. The third-order valence-corrected chi connectivity index (χ3v) is 4.40. The summed E-state index contributed by atoms with van der Waals surface area (Å²) >= 11 is 0. The molecule has 2 rings (SSSR count). The Kier molecular flexibility index (Phi) is 5.22. The lowest BCUT2D eigenvalue weighted by molar-refractivity contribution is -0.145. The van der Waals surface area contributed by atoms with Gasteiger partial charge >= 0.3 is 0 Å². The molecule has 0 aromatic carbocycles. The summed E-state index contributed by atoms with van der Waals surface area (Å²) in [6, 6.07) is 0.332. The van der Waals surface area contributed by atoms with Gasteiger partial charge in [0.25, 0.3) is 0 Å². The van der Waals surface area contributed by atoms with Crippen molar-refractivity contribution in [3.63, 3.8) is 0 Å². The van der Waals surface area contributed by atoms with Crippen LogP contribution >= 0.6 is 0 Å². The zero-order valence-electron chi connectivity index (χ0n) is 12.3. The van der Waals surface area contributed by atoms with E-state index in [1.165, 1.54) is 6.42 Å². The normalized spacial score (nSPS) is 28.5. The lowest BCUT2D eigenvalue weighted by atomic mass is 9.93. The van der Waals surface area contributed by atoms with E-state index in [2.05, 4.69) is 18.7 Å². The molecule has 4 heteroatoms. The monoisotopic (exact) mass is 268 g/mol. The number of carbonyl (C=O) groups excluding carboxylic acids is 1. The Balaban J connectivity index is 1.90. The van der Waals surface area contributed by atoms with Crippen LogP contribution in [0.5, 0.6) is 0 Å². The number of morpholine rings is 1. The van der Waals surface area contributed by atoms with Crippen molar-refractivity contribution in [2.24, 2.45) is 17.6 Å². The van der Waals surface area contributed by atoms with Crippen molar-refractivity contribution in [3.05, 3.63) is 0 Å². The smallest absolute Gasteiger partial charge is 0.223 e. The van der Waals surface area contributed by atoms with E-state index in [0.717, 1.165) is 25.8 Å². The molecule has 1 heterocycles. The molecule has 0 bridgehead atoms. The number of hydrogen-bond donors (Lipinski definition) is 1. The maximum absolute atomic E-state index is 12.5. The average Bonchev–Trinajstić information content (AvgIpc) is 2.85. The quantitative estimate of drug-likeness (QED) is 0.827. The molecule has 1 aliphatic carbocycles. The van der Waals surface area contributed by atoms with Gasteiger partial charge in [-0.05, 0) is 44.1 Å². The van der Waals surface area contributed by atoms with Crippen LogP contribution in [0.4, 0.5) is 0 Å². The van der Waals surface area contributed by atoms with E-state index in [1.807, 2.05) is 0 Å². The number of carbonyl (C=O) groups is 1. The summed E-state index contributed by atoms with van der Waals surface area (Å²) < 4.78 is 5.76. The molecule has 1 amide bonds. The highest BCUT2D eigenvalue weighted by Crippen LogP contribution is 2.30. The van der Waals surface area contributed by atoms with Crippen LogP contribution in [0.25, 0.3) is 0 Å². The van der Waals surface area contributed by atoms with Crippen LogP contribution in [0.2, 0.25) is 0 Å². The predicted octanol–water partition coefficient (Wildman–Crippen LogP) is 1.78. The molecular formula is C15H28N2O2. The number of ether oxygens (including phenoxy) is 1. The van der Waals surface area contributed by atoms with Crippen molar-refractivity contribution in [2.45, 2.75) is 58.1 Å². The number of nitrogens with zero attached hydrogens (tertiary/aromatic N) is 1. The minimum absolute atomic E-state index is 0.288. The Morgan fingerprint density at radius 2 is 2.21 bits per heavy atom. The second-order valence-electron chi connectivity index (χ2n) is 6.43. The summed E-state index contributed by atoms with van der Waals surface area (Å²) in [4.78, 5) is 14.6. The third kappa shape index (κ3) is 3.69. The van der Waals surface area contributed by atoms with E-state index in [1.54, 1.807) is 0 Å². The number of amides is 1. The van der Waals surface area contributed by atoms with Crippen LogP contribution in [-0.2, 0) is 9.53 Å². The Labute approximate surface area is 116 Å². The minimum atomic E-state index is 0.288. The molecule has 4 nitrogen and oxygen atoms in total. The van der Waals surface area contributed by atoms with Crippen molar-refractivity contribution in [3.8, 4) is 0 Å². The fraction of sp³-hybridized carbons (Fsp3) is 0.933. The standard InChI is InChI=1S/C15H28N2O2/c1-11(2)8-12(10-16)9-15(18)17-6-7-19-14-5-3-4-13(14)17/h11-14H,3-10,16H2,1-2H3/t12-,13?,14?/m0/s1. The van der Waals surface area contributed by atoms with E-state index in [0.29, 0.717) is 43.6 Å². The summed E-state index contributed by atoms with van der Waals surface area (Å²) in [5.74, 6) is 1.22. The Hall–Kier alpha value is -0.610. The first-order chi connectivity index (χ1) is 9.11. The van der Waals surface area contributed by atoms with Gasteiger partial charge in [0.15, 0.2) is 0 Å². The van der Waals surface area contributed by atoms with Gasteiger partial charge in [-0.2, -0.15) is 0 Å². The molecule has 110 valence electrons. The van der Waals surface area contributed by atoms with Gasteiger partial charge in [0, 0.05) is 13.0 Å². The largest absolute Gasteiger partial charge is 0.374 e. The summed E-state index contributed by atoms with van der Waals surface area (Å²) in [6.45, 7) is 6.45. The van der Waals surface area contributed by atoms with Gasteiger partial charge in [-0.25, -0.2) is 0 Å². The van der Waals surface area contributed by atoms with Crippen LogP contribution in [-0.4, -0.2) is 42.6 Å². The molecule has 2 aliphatic rings. The molecule has 1 saturated heterocycles. The van der Waals surface area contributed by atoms with E-state index in [4.69, 9.17) is 10.5 Å². The summed E-state index contributed by atoms with van der Waals surface area (Å²) in [5.41, 5.74) is 5.81. The highest BCUT2D eigenvalue weighted by molar-refractivity contribution is 5.77. The summed E-state index contributed by atoms with van der Waals surface area (Å²) in [7, 11) is 0. The summed E-state index contributed by atoms with van der Waals surface area (Å²) in [5, 5.41) is 0. The van der Waals surface area contributed by atoms with Gasteiger partial charge in [0.2, 0.25) is 5.91 Å². The molecule has 19 heavy (non-hydrogen) atoms. The maximum Gasteiger partial charge on any atom is 0.223 e. The average molecular weight is 268 g/mol. The van der Waals surface area contributed by atoms with Gasteiger partial charge in [0.1, 0.15) is 0 Å². The van der Waals surface area contributed by atoms with Crippen molar-refractivity contribution in [1.29, 1.82) is 0 Å². The molecule has 2 fully saturated rings. The van der Waals surface area contributed by atoms with Crippen LogP contribution in [0.3, 0.4) is 0 Å². The van der Waals surface area contributed by atoms with Gasteiger partial charge < -0.3 is 15.4 Å². The fourth-order valence-electron chi connectivity index (χ4n) is 3.53. The number of hydrogen-bond acceptors (Lipinski definition) is 3. The van der Waals surface area contributed by atoms with Gasteiger partial charge in [-0.1, -0.05) is 13.8 Å². The number of rotatable bonds is 5. The van der Waals surface area contributed by atoms with Gasteiger partial charge in [0.05, 0.1) is 18.8 Å². The zero-order chi connectivity index (χ0) is 13.8. The van der Waals surface area contributed by atoms with E-state index in [9.17, 15) is 4.79 Å². The molecule has 0 aromatic rings. The van der Waals surface area contributed by atoms with Crippen molar-refractivity contribution < 1.29 is 9.53 Å². The molecule has 2 unspecified atom stereocenters. The highest BCUT2D eigenvalue weighted by atomic mass is 16.5. The van der Waals surface area contributed by atoms with E-state index >= 15 is 0 Å². The lowest BCUT2D eigenvalue weighted by Crippen LogP contribution is -2.51. The predicted molar refractivity (Wildman–Crippen MR) is 75.7 cm³/mol. The molecular weight excluding hydrogens is 240 g/mol. The van der Waals surface area contributed by atoms with E-state index in [-0.39, 0.29) is 5.91 Å². The summed E-state index contributed by atoms with van der Waals surface area (Å²) in [6.07, 6.45) is 5.35. The first-order valence-corrected chi connectivity index (χ1v) is 7.73. The second-order valence-corrected chi connectivity index (χ2v) is 6.43. The Morgan fingerprint density at radius 1 is 1.42 bits per heavy atom. The minimum Gasteiger partial charge on any atom is -0.374 e. The topological polar surface area (TPSA) is 55.6 Å². The molecule has 1 saturated carbocycles. The Bertz CT molecular complexity index is 307. The van der Waals surface area contributed by atoms with Crippen molar-refractivity contribution >= 4 is 5.91 Å². The van der Waals surface area contributed by atoms with Crippen molar-refractivity contribution in [1.82, 2.24) is 4.90 Å². The number of nitrogens with two attached hydrogens (primary N) is 1. The van der Waals surface area contributed by atoms with Gasteiger partial charge in [-0.15, -0.1) is 0 Å². The van der Waals surface area contributed by atoms with Crippen molar-refractivity contribution in [2.75, 3.05) is 19.7 Å². The number of fused-ring (bicyclic) bond motifs is 1. The molecule has 2 N–H and O–H groups in total. The second kappa shape index (κ2) is 6.71. The first kappa shape index (κ1) is 14.8. The van der Waals surface area contributed by atoms with Crippen LogP contribution < -0.4 is 5.73 Å². The molecule has 1 aliphatic heterocycles. The lowest BCUT2D eigenvalue weighted by Gasteiger charge is -2.38. The van der Waals surface area contributed by atoms with Crippen LogP contribution in [0.1, 0.15) is 46.0 Å². The molecule has 0 aromatic heterocycles. The van der Waals surface area contributed by atoms with E-state index < -0.39 is 0 Å². The zero-order valence-corrected chi connectivity index (χ0v) is 12.3. The fourth-order valence-corrected chi connectivity index (χ4v) is 3.53. The maximum atomic E-state index is 12.5. The van der Waals surface area contributed by atoms with Crippen LogP contribution in [0, 0.1) is 11.8 Å².